The molecule has 2 heterocycles. The summed E-state index contributed by atoms with van der Waals surface area (Å²) in [5.74, 6) is 1.09. The Kier molecular flexibility index (Phi) is 2.36. The van der Waals surface area contributed by atoms with Gasteiger partial charge in [-0.15, -0.1) is 0 Å². The van der Waals surface area contributed by atoms with E-state index < -0.39 is 0 Å². The van der Waals surface area contributed by atoms with Crippen molar-refractivity contribution in [3.63, 3.8) is 0 Å². The molecule has 0 aliphatic heterocycles. The average Bonchev–Trinajstić information content (AvgIpc) is 2.65. The molecule has 7 heteroatoms. The van der Waals surface area contributed by atoms with Crippen LogP contribution in [0.4, 0.5) is 17.6 Å². The normalized spacial score (nSPS) is 10.1. The van der Waals surface area contributed by atoms with Crippen LogP contribution < -0.4 is 16.8 Å². The van der Waals surface area contributed by atoms with Crippen molar-refractivity contribution in [2.45, 2.75) is 6.54 Å². The van der Waals surface area contributed by atoms with E-state index in [1.165, 1.54) is 0 Å². The first-order valence-corrected chi connectivity index (χ1v) is 4.35. The summed E-state index contributed by atoms with van der Waals surface area (Å²) in [7, 11) is 0. The summed E-state index contributed by atoms with van der Waals surface area (Å²) in [4.78, 5) is 14.6. The van der Waals surface area contributed by atoms with Gasteiger partial charge in [0.2, 0.25) is 5.95 Å². The summed E-state index contributed by atoms with van der Waals surface area (Å²) in [6, 6.07) is 1.62. The fraction of sp³-hybridized carbons (Fsp3) is 0.125. The molecule has 6 N–H and O–H groups in total. The third kappa shape index (κ3) is 2.33. The Morgan fingerprint density at radius 3 is 2.87 bits per heavy atom. The summed E-state index contributed by atoms with van der Waals surface area (Å²) in [5.41, 5.74) is 11.9. The average molecular weight is 205 g/mol. The Bertz CT molecular complexity index is 416. The lowest BCUT2D eigenvalue weighted by molar-refractivity contribution is 1.05. The largest absolute Gasteiger partial charge is 0.383 e. The first-order valence-electron chi connectivity index (χ1n) is 4.35. The molecule has 0 fully saturated rings. The number of aromatic nitrogens is 4. The van der Waals surface area contributed by atoms with Gasteiger partial charge in [-0.25, -0.2) is 4.98 Å². The number of anilines is 3. The summed E-state index contributed by atoms with van der Waals surface area (Å²) >= 11 is 0. The van der Waals surface area contributed by atoms with Crippen LogP contribution in [0.15, 0.2) is 18.6 Å². The molecule has 0 bridgehead atoms. The number of imidazole rings is 1. The molecule has 15 heavy (non-hydrogen) atoms. The van der Waals surface area contributed by atoms with Crippen molar-refractivity contribution in [3.05, 3.63) is 24.3 Å². The van der Waals surface area contributed by atoms with E-state index in [1.54, 1.807) is 18.6 Å². The Hall–Kier alpha value is -2.31. The van der Waals surface area contributed by atoms with Crippen LogP contribution >= 0.6 is 0 Å². The zero-order valence-electron chi connectivity index (χ0n) is 7.94. The topological polar surface area (TPSA) is 119 Å². The van der Waals surface area contributed by atoms with E-state index >= 15 is 0 Å². The number of rotatable bonds is 3. The van der Waals surface area contributed by atoms with Gasteiger partial charge in [-0.3, -0.25) is 0 Å². The molecule has 7 nitrogen and oxygen atoms in total. The fourth-order valence-electron chi connectivity index (χ4n) is 1.14. The molecular weight excluding hydrogens is 194 g/mol. The molecule has 0 saturated carbocycles. The van der Waals surface area contributed by atoms with E-state index in [1.807, 2.05) is 0 Å². The van der Waals surface area contributed by atoms with Crippen molar-refractivity contribution >= 4 is 17.6 Å². The van der Waals surface area contributed by atoms with Crippen LogP contribution in [0, 0.1) is 0 Å². The first kappa shape index (κ1) is 9.25. The van der Waals surface area contributed by atoms with Gasteiger partial charge < -0.3 is 21.8 Å². The summed E-state index contributed by atoms with van der Waals surface area (Å²) in [6.07, 6.45) is 3.33. The Balaban J connectivity index is 2.05. The zero-order chi connectivity index (χ0) is 10.7. The van der Waals surface area contributed by atoms with Gasteiger partial charge in [-0.05, 0) is 0 Å². The van der Waals surface area contributed by atoms with Crippen LogP contribution in [0.5, 0.6) is 0 Å². The van der Waals surface area contributed by atoms with E-state index in [9.17, 15) is 0 Å². The van der Waals surface area contributed by atoms with Crippen LogP contribution in [0.3, 0.4) is 0 Å². The predicted molar refractivity (Wildman–Crippen MR) is 56.8 cm³/mol. The number of nitrogen functional groups attached to an aromatic ring is 2. The maximum absolute atomic E-state index is 5.52. The maximum Gasteiger partial charge on any atom is 0.223 e. The molecule has 2 aromatic rings. The van der Waals surface area contributed by atoms with E-state index in [0.29, 0.717) is 18.2 Å². The van der Waals surface area contributed by atoms with Crippen LogP contribution in [0.2, 0.25) is 0 Å². The number of nitrogens with two attached hydrogens (primary N) is 2. The summed E-state index contributed by atoms with van der Waals surface area (Å²) in [5, 5.41) is 3.05. The summed E-state index contributed by atoms with van der Waals surface area (Å²) in [6.45, 7) is 0.579. The molecule has 0 amide bonds. The minimum atomic E-state index is 0.155. The molecule has 0 aromatic carbocycles. The second kappa shape index (κ2) is 3.82. The lowest BCUT2D eigenvalue weighted by atomic mass is 10.4. The quantitative estimate of drug-likeness (QED) is 0.559. The number of H-pyrrole nitrogens is 1. The zero-order valence-corrected chi connectivity index (χ0v) is 7.94. The smallest absolute Gasteiger partial charge is 0.223 e. The van der Waals surface area contributed by atoms with E-state index in [2.05, 4.69) is 25.3 Å². The molecule has 0 aliphatic rings. The predicted octanol–water partition coefficient (Wildman–Crippen LogP) is -0.0238. The third-order valence-corrected chi connectivity index (χ3v) is 1.78. The Morgan fingerprint density at radius 1 is 1.33 bits per heavy atom. The van der Waals surface area contributed by atoms with Crippen molar-refractivity contribution in [1.82, 2.24) is 19.9 Å². The minimum absolute atomic E-state index is 0.155. The van der Waals surface area contributed by atoms with Crippen LogP contribution in [-0.2, 0) is 6.54 Å². The molecule has 78 valence electrons. The summed E-state index contributed by atoms with van der Waals surface area (Å²) < 4.78 is 0. The number of hydrogen-bond acceptors (Lipinski definition) is 6. The number of aromatic amines is 1. The third-order valence-electron chi connectivity index (χ3n) is 1.78. The molecule has 0 aliphatic carbocycles. The molecule has 0 spiro atoms. The Morgan fingerprint density at radius 2 is 2.20 bits per heavy atom. The second-order valence-corrected chi connectivity index (χ2v) is 2.97. The van der Waals surface area contributed by atoms with Gasteiger partial charge in [0.25, 0.3) is 0 Å². The monoisotopic (exact) mass is 205 g/mol. The van der Waals surface area contributed by atoms with Crippen molar-refractivity contribution in [2.75, 3.05) is 16.8 Å². The second-order valence-electron chi connectivity index (χ2n) is 2.97. The van der Waals surface area contributed by atoms with Gasteiger partial charge in [0.1, 0.15) is 11.6 Å². The lowest BCUT2D eigenvalue weighted by Gasteiger charge is -2.04. The van der Waals surface area contributed by atoms with Crippen LogP contribution in [-0.4, -0.2) is 19.9 Å². The molecular formula is C8H11N7. The molecule has 0 unspecified atom stereocenters. The SMILES string of the molecule is Nc1cc(NCc2cnc[nH]2)nc(N)n1. The molecule has 0 radical (unpaired) electrons. The standard InChI is InChI=1S/C8H11N7/c9-6-1-7(15-8(10)14-6)12-3-5-2-11-4-13-5/h1-2,4H,3H2,(H,11,13)(H5,9,10,12,14,15). The van der Waals surface area contributed by atoms with Gasteiger partial charge in [0, 0.05) is 12.3 Å². The number of hydrogen-bond donors (Lipinski definition) is 4. The van der Waals surface area contributed by atoms with Crippen molar-refractivity contribution in [3.8, 4) is 0 Å². The van der Waals surface area contributed by atoms with Gasteiger partial charge in [0.15, 0.2) is 0 Å². The number of nitrogens with one attached hydrogen (secondary N) is 2. The molecule has 0 atom stereocenters. The fourth-order valence-corrected chi connectivity index (χ4v) is 1.14. The van der Waals surface area contributed by atoms with E-state index in [0.717, 1.165) is 5.69 Å². The van der Waals surface area contributed by atoms with Gasteiger partial charge in [0.05, 0.1) is 18.6 Å². The lowest BCUT2D eigenvalue weighted by Crippen LogP contribution is -2.06. The maximum atomic E-state index is 5.52. The molecule has 2 rings (SSSR count). The van der Waals surface area contributed by atoms with Gasteiger partial charge in [-0.2, -0.15) is 9.97 Å². The number of nitrogens with zero attached hydrogens (tertiary/aromatic N) is 3. The highest BCUT2D eigenvalue weighted by Crippen LogP contribution is 2.09. The van der Waals surface area contributed by atoms with Crippen molar-refractivity contribution in [2.24, 2.45) is 0 Å². The van der Waals surface area contributed by atoms with E-state index in [4.69, 9.17) is 11.5 Å². The van der Waals surface area contributed by atoms with Crippen molar-refractivity contribution < 1.29 is 0 Å². The van der Waals surface area contributed by atoms with Gasteiger partial charge in [-0.1, -0.05) is 0 Å². The molecule has 0 saturated heterocycles. The highest BCUT2D eigenvalue weighted by atomic mass is 15.1. The highest BCUT2D eigenvalue weighted by Gasteiger charge is 1.99. The highest BCUT2D eigenvalue weighted by molar-refractivity contribution is 5.48. The van der Waals surface area contributed by atoms with E-state index in [-0.39, 0.29) is 5.95 Å². The van der Waals surface area contributed by atoms with Crippen molar-refractivity contribution in [1.29, 1.82) is 0 Å². The minimum Gasteiger partial charge on any atom is -0.383 e. The molecule has 2 aromatic heterocycles. The van der Waals surface area contributed by atoms with Crippen LogP contribution in [0.1, 0.15) is 5.69 Å². The van der Waals surface area contributed by atoms with Gasteiger partial charge >= 0.3 is 0 Å². The van der Waals surface area contributed by atoms with Crippen LogP contribution in [0.25, 0.3) is 0 Å². The Labute approximate surface area is 86.0 Å². The first-order chi connectivity index (χ1) is 7.24.